The molecule has 0 atom stereocenters. The SMILES string of the molecule is CN(C)c1ncc(B(O)O)cc1C(F)(F)F. The summed E-state index contributed by atoms with van der Waals surface area (Å²) in [6.07, 6.45) is -3.59. The predicted molar refractivity (Wildman–Crippen MR) is 53.4 cm³/mol. The quantitative estimate of drug-likeness (QED) is 0.698. The van der Waals surface area contributed by atoms with Crippen molar-refractivity contribution >= 4 is 18.4 Å². The molecule has 16 heavy (non-hydrogen) atoms. The van der Waals surface area contributed by atoms with Crippen molar-refractivity contribution in [2.24, 2.45) is 0 Å². The molecule has 0 bridgehead atoms. The summed E-state index contributed by atoms with van der Waals surface area (Å²) in [5.74, 6) is -0.267. The first-order valence-corrected chi connectivity index (χ1v) is 4.34. The van der Waals surface area contributed by atoms with Crippen LogP contribution in [0.2, 0.25) is 0 Å². The summed E-state index contributed by atoms with van der Waals surface area (Å²) in [4.78, 5) is 4.76. The van der Waals surface area contributed by atoms with Crippen LogP contribution in [-0.4, -0.2) is 36.2 Å². The van der Waals surface area contributed by atoms with Crippen molar-refractivity contribution in [3.8, 4) is 0 Å². The summed E-state index contributed by atoms with van der Waals surface area (Å²) in [7, 11) is 0.879. The first-order chi connectivity index (χ1) is 7.23. The zero-order valence-electron chi connectivity index (χ0n) is 8.65. The van der Waals surface area contributed by atoms with E-state index in [4.69, 9.17) is 10.0 Å². The second kappa shape index (κ2) is 4.30. The molecule has 4 nitrogen and oxygen atoms in total. The van der Waals surface area contributed by atoms with Gasteiger partial charge in [-0.15, -0.1) is 0 Å². The number of aromatic nitrogens is 1. The molecule has 0 spiro atoms. The van der Waals surface area contributed by atoms with Gasteiger partial charge in [0.1, 0.15) is 5.82 Å². The Bertz CT molecular complexity index is 382. The van der Waals surface area contributed by atoms with Crippen molar-refractivity contribution in [1.29, 1.82) is 0 Å². The smallest absolute Gasteiger partial charge is 0.423 e. The number of nitrogens with zero attached hydrogens (tertiary/aromatic N) is 2. The van der Waals surface area contributed by atoms with E-state index in [9.17, 15) is 13.2 Å². The van der Waals surface area contributed by atoms with Gasteiger partial charge < -0.3 is 14.9 Å². The molecule has 0 aliphatic carbocycles. The van der Waals surface area contributed by atoms with Crippen LogP contribution in [0.3, 0.4) is 0 Å². The average Bonchev–Trinajstić information content (AvgIpc) is 2.15. The lowest BCUT2D eigenvalue weighted by molar-refractivity contribution is -0.137. The van der Waals surface area contributed by atoms with Gasteiger partial charge in [0.05, 0.1) is 5.56 Å². The maximum atomic E-state index is 12.6. The van der Waals surface area contributed by atoms with Gasteiger partial charge in [0.15, 0.2) is 0 Å². The predicted octanol–water partition coefficient (Wildman–Crippen LogP) is -0.154. The topological polar surface area (TPSA) is 56.6 Å². The molecule has 2 N–H and O–H groups in total. The van der Waals surface area contributed by atoms with Crippen molar-refractivity contribution < 1.29 is 23.2 Å². The third-order valence-corrected chi connectivity index (χ3v) is 1.91. The summed E-state index contributed by atoms with van der Waals surface area (Å²) < 4.78 is 37.9. The zero-order chi connectivity index (χ0) is 12.5. The van der Waals surface area contributed by atoms with Crippen LogP contribution in [0.1, 0.15) is 5.56 Å². The van der Waals surface area contributed by atoms with E-state index in [-0.39, 0.29) is 11.3 Å². The van der Waals surface area contributed by atoms with E-state index in [1.165, 1.54) is 19.0 Å². The highest BCUT2D eigenvalue weighted by atomic mass is 19.4. The fraction of sp³-hybridized carbons (Fsp3) is 0.375. The fourth-order valence-corrected chi connectivity index (χ4v) is 1.18. The molecule has 0 aromatic carbocycles. The molecular formula is C8H10BF3N2O2. The van der Waals surface area contributed by atoms with E-state index >= 15 is 0 Å². The van der Waals surface area contributed by atoms with Crippen LogP contribution < -0.4 is 10.4 Å². The normalized spacial score (nSPS) is 11.4. The number of anilines is 1. The van der Waals surface area contributed by atoms with Gasteiger partial charge in [-0.3, -0.25) is 0 Å². The minimum Gasteiger partial charge on any atom is -0.423 e. The number of pyridine rings is 1. The molecule has 1 heterocycles. The van der Waals surface area contributed by atoms with Crippen molar-refractivity contribution in [3.63, 3.8) is 0 Å². The first-order valence-electron chi connectivity index (χ1n) is 4.34. The second-order valence-electron chi connectivity index (χ2n) is 3.41. The van der Waals surface area contributed by atoms with Gasteiger partial charge in [0.2, 0.25) is 0 Å². The Balaban J connectivity index is 3.33. The van der Waals surface area contributed by atoms with Gasteiger partial charge in [0, 0.05) is 25.8 Å². The van der Waals surface area contributed by atoms with Gasteiger partial charge >= 0.3 is 13.3 Å². The van der Waals surface area contributed by atoms with Gasteiger partial charge in [0.25, 0.3) is 0 Å². The van der Waals surface area contributed by atoms with Crippen molar-refractivity contribution in [3.05, 3.63) is 17.8 Å². The summed E-state index contributed by atoms with van der Waals surface area (Å²) >= 11 is 0. The Labute approximate surface area is 90.5 Å². The molecule has 0 saturated heterocycles. The number of hydrogen-bond donors (Lipinski definition) is 2. The molecule has 0 fully saturated rings. The highest BCUT2D eigenvalue weighted by Gasteiger charge is 2.36. The van der Waals surface area contributed by atoms with Crippen LogP contribution in [0.4, 0.5) is 19.0 Å². The summed E-state index contributed by atoms with van der Waals surface area (Å²) in [6.45, 7) is 0. The third-order valence-electron chi connectivity index (χ3n) is 1.91. The molecule has 1 rings (SSSR count). The van der Waals surface area contributed by atoms with E-state index in [0.29, 0.717) is 6.07 Å². The van der Waals surface area contributed by atoms with E-state index in [1.54, 1.807) is 0 Å². The van der Waals surface area contributed by atoms with Gasteiger partial charge in [-0.25, -0.2) is 4.98 Å². The summed E-state index contributed by atoms with van der Waals surface area (Å²) in [6, 6.07) is 0.674. The van der Waals surface area contributed by atoms with E-state index in [1.807, 2.05) is 0 Å². The maximum Gasteiger partial charge on any atom is 0.490 e. The molecule has 88 valence electrons. The van der Waals surface area contributed by atoms with E-state index in [0.717, 1.165) is 6.20 Å². The molecule has 8 heteroatoms. The van der Waals surface area contributed by atoms with Crippen LogP contribution in [0, 0.1) is 0 Å². The van der Waals surface area contributed by atoms with Gasteiger partial charge in [-0.2, -0.15) is 13.2 Å². The van der Waals surface area contributed by atoms with E-state index in [2.05, 4.69) is 4.98 Å². The lowest BCUT2D eigenvalue weighted by Gasteiger charge is -2.18. The molecule has 1 aromatic rings. The minimum atomic E-state index is -4.59. The minimum absolute atomic E-state index is 0.267. The largest absolute Gasteiger partial charge is 0.490 e. The van der Waals surface area contributed by atoms with Crippen LogP contribution in [0.25, 0.3) is 0 Å². The molecule has 0 aliphatic heterocycles. The second-order valence-corrected chi connectivity index (χ2v) is 3.41. The molecule has 1 aromatic heterocycles. The number of hydrogen-bond acceptors (Lipinski definition) is 4. The van der Waals surface area contributed by atoms with Crippen molar-refractivity contribution in [2.75, 3.05) is 19.0 Å². The molecule has 0 radical (unpaired) electrons. The third kappa shape index (κ3) is 2.64. The monoisotopic (exact) mass is 234 g/mol. The van der Waals surface area contributed by atoms with E-state index < -0.39 is 18.9 Å². The van der Waals surface area contributed by atoms with Crippen molar-refractivity contribution in [2.45, 2.75) is 6.18 Å². The van der Waals surface area contributed by atoms with Gasteiger partial charge in [-0.05, 0) is 6.07 Å². The van der Waals surface area contributed by atoms with Crippen LogP contribution in [0.5, 0.6) is 0 Å². The fourth-order valence-electron chi connectivity index (χ4n) is 1.18. The van der Waals surface area contributed by atoms with Gasteiger partial charge in [-0.1, -0.05) is 0 Å². The molecule has 0 saturated carbocycles. The molecule has 0 amide bonds. The lowest BCUT2D eigenvalue weighted by Crippen LogP contribution is -2.32. The maximum absolute atomic E-state index is 12.6. The number of halogens is 3. The highest BCUT2D eigenvalue weighted by molar-refractivity contribution is 6.58. The van der Waals surface area contributed by atoms with Crippen LogP contribution >= 0.6 is 0 Å². The first kappa shape index (κ1) is 12.8. The molecule has 0 unspecified atom stereocenters. The number of alkyl halides is 3. The Kier molecular flexibility index (Phi) is 3.44. The Hall–Kier alpha value is -1.28. The highest BCUT2D eigenvalue weighted by Crippen LogP contribution is 2.33. The van der Waals surface area contributed by atoms with Crippen LogP contribution in [0.15, 0.2) is 12.3 Å². The van der Waals surface area contributed by atoms with Crippen molar-refractivity contribution in [1.82, 2.24) is 4.98 Å². The summed E-state index contributed by atoms with van der Waals surface area (Å²) in [5, 5.41) is 17.6. The lowest BCUT2D eigenvalue weighted by atomic mass is 9.81. The Morgan fingerprint density at radius 3 is 2.25 bits per heavy atom. The number of rotatable bonds is 2. The molecule has 0 aliphatic rings. The van der Waals surface area contributed by atoms with Crippen LogP contribution in [-0.2, 0) is 6.18 Å². The Morgan fingerprint density at radius 2 is 1.88 bits per heavy atom. The summed E-state index contributed by atoms with van der Waals surface area (Å²) in [5.41, 5.74) is -1.29. The Morgan fingerprint density at radius 1 is 1.31 bits per heavy atom. The molecular weight excluding hydrogens is 224 g/mol. The average molecular weight is 234 g/mol. The zero-order valence-corrected chi connectivity index (χ0v) is 8.65. The standard InChI is InChI=1S/C8H10BF3N2O2/c1-14(2)7-6(8(10,11)12)3-5(4-13-7)9(15)16/h3-4,15-16H,1-2H3.